The molecule has 0 aromatic carbocycles. The molecule has 3 nitrogen and oxygen atoms in total. The maximum Gasteiger partial charge on any atom is 0.0572 e. The third kappa shape index (κ3) is 4.05. The van der Waals surface area contributed by atoms with Crippen LogP contribution >= 0.6 is 11.3 Å². The van der Waals surface area contributed by atoms with Crippen LogP contribution in [0.1, 0.15) is 30.5 Å². The topological polar surface area (TPSA) is 28.2 Å². The van der Waals surface area contributed by atoms with Gasteiger partial charge in [0.15, 0.2) is 0 Å². The van der Waals surface area contributed by atoms with Gasteiger partial charge in [0.05, 0.1) is 17.6 Å². The molecule has 0 aliphatic heterocycles. The lowest BCUT2D eigenvalue weighted by Gasteiger charge is -2.19. The molecule has 1 unspecified atom stereocenters. The fourth-order valence-corrected chi connectivity index (χ4v) is 2.85. The van der Waals surface area contributed by atoms with Crippen LogP contribution in [0, 0.1) is 0 Å². The number of nitrogens with one attached hydrogen (secondary N) is 1. The number of likely N-dealkylation sites (N-methyl/N-ethyl adjacent to an activating group) is 1. The quantitative estimate of drug-likeness (QED) is 0.845. The van der Waals surface area contributed by atoms with Gasteiger partial charge < -0.3 is 10.2 Å². The Morgan fingerprint density at radius 1 is 1.35 bits per heavy atom. The number of thiophene rings is 1. The summed E-state index contributed by atoms with van der Waals surface area (Å²) in [5.41, 5.74) is 2.27. The number of hydrogen-bond acceptors (Lipinski definition) is 4. The first-order valence-corrected chi connectivity index (χ1v) is 8.01. The third-order valence-electron chi connectivity index (χ3n) is 3.44. The number of pyridine rings is 1. The largest absolute Gasteiger partial charge is 0.373 e. The first kappa shape index (κ1) is 15.0. The Balaban J connectivity index is 1.91. The summed E-state index contributed by atoms with van der Waals surface area (Å²) >= 11 is 1.82. The summed E-state index contributed by atoms with van der Waals surface area (Å²) in [7, 11) is 2.12. The first-order valence-electron chi connectivity index (χ1n) is 7.13. The summed E-state index contributed by atoms with van der Waals surface area (Å²) in [6.45, 7) is 6.24. The van der Waals surface area contributed by atoms with Gasteiger partial charge in [0.25, 0.3) is 0 Å². The van der Waals surface area contributed by atoms with Gasteiger partial charge in [-0.15, -0.1) is 11.3 Å². The number of hydrogen-bond donors (Lipinski definition) is 1. The molecule has 0 bridgehead atoms. The molecular weight excluding hydrogens is 266 g/mol. The number of anilines is 1. The van der Waals surface area contributed by atoms with Crippen molar-refractivity contribution in [2.24, 2.45) is 0 Å². The van der Waals surface area contributed by atoms with E-state index in [0.29, 0.717) is 6.04 Å². The van der Waals surface area contributed by atoms with E-state index in [0.717, 1.165) is 25.2 Å². The van der Waals surface area contributed by atoms with Crippen LogP contribution in [0.5, 0.6) is 0 Å². The molecule has 20 heavy (non-hydrogen) atoms. The Hall–Kier alpha value is -1.39. The summed E-state index contributed by atoms with van der Waals surface area (Å²) in [6, 6.07) is 8.89. The molecule has 0 spiro atoms. The summed E-state index contributed by atoms with van der Waals surface area (Å²) in [4.78, 5) is 8.25. The van der Waals surface area contributed by atoms with Crippen molar-refractivity contribution < 1.29 is 0 Å². The SMILES string of the molecule is CCNC(C)c1ccc(N(C)CCc2cccs2)cn1. The lowest BCUT2D eigenvalue weighted by Crippen LogP contribution is -2.21. The van der Waals surface area contributed by atoms with E-state index in [1.807, 2.05) is 17.5 Å². The smallest absolute Gasteiger partial charge is 0.0572 e. The zero-order chi connectivity index (χ0) is 14.4. The fraction of sp³-hybridized carbons (Fsp3) is 0.438. The Kier molecular flexibility index (Phi) is 5.56. The lowest BCUT2D eigenvalue weighted by molar-refractivity contribution is 0.583. The minimum Gasteiger partial charge on any atom is -0.373 e. The highest BCUT2D eigenvalue weighted by atomic mass is 32.1. The van der Waals surface area contributed by atoms with Crippen molar-refractivity contribution >= 4 is 17.0 Å². The van der Waals surface area contributed by atoms with Crippen LogP contribution < -0.4 is 10.2 Å². The van der Waals surface area contributed by atoms with Gasteiger partial charge in [-0.1, -0.05) is 13.0 Å². The van der Waals surface area contributed by atoms with Crippen LogP contribution in [0.15, 0.2) is 35.8 Å². The molecule has 0 fully saturated rings. The van der Waals surface area contributed by atoms with Crippen molar-refractivity contribution in [3.8, 4) is 0 Å². The molecular formula is C16H23N3S. The van der Waals surface area contributed by atoms with E-state index in [-0.39, 0.29) is 0 Å². The van der Waals surface area contributed by atoms with E-state index in [4.69, 9.17) is 0 Å². The third-order valence-corrected chi connectivity index (χ3v) is 4.38. The molecule has 0 radical (unpaired) electrons. The van der Waals surface area contributed by atoms with Gasteiger partial charge in [-0.25, -0.2) is 0 Å². The molecule has 0 aliphatic carbocycles. The lowest BCUT2D eigenvalue weighted by atomic mass is 10.2. The molecule has 2 heterocycles. The monoisotopic (exact) mass is 289 g/mol. The van der Waals surface area contributed by atoms with E-state index in [1.54, 1.807) is 0 Å². The second-order valence-corrected chi connectivity index (χ2v) is 6.00. The van der Waals surface area contributed by atoms with E-state index in [1.165, 1.54) is 10.6 Å². The highest BCUT2D eigenvalue weighted by Crippen LogP contribution is 2.16. The van der Waals surface area contributed by atoms with Crippen molar-refractivity contribution in [2.45, 2.75) is 26.3 Å². The van der Waals surface area contributed by atoms with Crippen molar-refractivity contribution in [2.75, 3.05) is 25.0 Å². The van der Waals surface area contributed by atoms with Crippen LogP contribution in [-0.4, -0.2) is 25.1 Å². The van der Waals surface area contributed by atoms with E-state index < -0.39 is 0 Å². The maximum absolute atomic E-state index is 4.56. The highest BCUT2D eigenvalue weighted by molar-refractivity contribution is 7.09. The standard InChI is InChI=1S/C16H23N3S/c1-4-17-13(2)16-8-7-14(12-18-16)19(3)10-9-15-6-5-11-20-15/h5-8,11-13,17H,4,9-10H2,1-3H3. The molecule has 2 aromatic heterocycles. The molecule has 2 aromatic rings. The summed E-state index contributed by atoms with van der Waals surface area (Å²) in [6.07, 6.45) is 3.06. The summed E-state index contributed by atoms with van der Waals surface area (Å²) in [5.74, 6) is 0. The highest BCUT2D eigenvalue weighted by Gasteiger charge is 2.07. The van der Waals surface area contributed by atoms with Crippen LogP contribution in [-0.2, 0) is 6.42 Å². The van der Waals surface area contributed by atoms with Crippen LogP contribution in [0.2, 0.25) is 0 Å². The van der Waals surface area contributed by atoms with Crippen molar-refractivity contribution in [1.82, 2.24) is 10.3 Å². The van der Waals surface area contributed by atoms with Gasteiger partial charge in [0.1, 0.15) is 0 Å². The number of rotatable bonds is 7. The molecule has 1 N–H and O–H groups in total. The predicted octanol–water partition coefficient (Wildman–Crippen LogP) is 3.49. The average molecular weight is 289 g/mol. The van der Waals surface area contributed by atoms with Crippen LogP contribution in [0.3, 0.4) is 0 Å². The number of nitrogens with zero attached hydrogens (tertiary/aromatic N) is 2. The van der Waals surface area contributed by atoms with E-state index in [2.05, 4.69) is 65.7 Å². The maximum atomic E-state index is 4.56. The molecule has 4 heteroatoms. The molecule has 0 saturated heterocycles. The summed E-state index contributed by atoms with van der Waals surface area (Å²) in [5, 5.41) is 5.51. The average Bonchev–Trinajstić information content (AvgIpc) is 2.98. The molecule has 108 valence electrons. The minimum absolute atomic E-state index is 0.311. The van der Waals surface area contributed by atoms with Crippen LogP contribution in [0.25, 0.3) is 0 Å². The normalized spacial score (nSPS) is 12.3. The molecule has 2 rings (SSSR count). The van der Waals surface area contributed by atoms with E-state index in [9.17, 15) is 0 Å². The predicted molar refractivity (Wildman–Crippen MR) is 87.6 cm³/mol. The van der Waals surface area contributed by atoms with Gasteiger partial charge in [-0.2, -0.15) is 0 Å². The van der Waals surface area contributed by atoms with Crippen molar-refractivity contribution in [3.05, 3.63) is 46.4 Å². The molecule has 0 amide bonds. The van der Waals surface area contributed by atoms with Gasteiger partial charge in [-0.3, -0.25) is 4.98 Å². The molecule has 0 aliphatic rings. The Labute approximate surface area is 125 Å². The van der Waals surface area contributed by atoms with Gasteiger partial charge in [0.2, 0.25) is 0 Å². The van der Waals surface area contributed by atoms with Crippen molar-refractivity contribution in [1.29, 1.82) is 0 Å². The Morgan fingerprint density at radius 2 is 2.20 bits per heavy atom. The summed E-state index contributed by atoms with van der Waals surface area (Å²) < 4.78 is 0. The zero-order valence-electron chi connectivity index (χ0n) is 12.5. The second kappa shape index (κ2) is 7.41. The van der Waals surface area contributed by atoms with E-state index >= 15 is 0 Å². The fourth-order valence-electron chi connectivity index (χ4n) is 2.15. The van der Waals surface area contributed by atoms with Gasteiger partial charge >= 0.3 is 0 Å². The molecule has 1 atom stereocenters. The minimum atomic E-state index is 0.311. The van der Waals surface area contributed by atoms with Gasteiger partial charge in [-0.05, 0) is 43.5 Å². The second-order valence-electron chi connectivity index (χ2n) is 4.97. The number of aromatic nitrogens is 1. The zero-order valence-corrected chi connectivity index (χ0v) is 13.3. The van der Waals surface area contributed by atoms with Gasteiger partial charge in [0, 0.05) is 24.5 Å². The Bertz CT molecular complexity index is 493. The Morgan fingerprint density at radius 3 is 2.80 bits per heavy atom. The van der Waals surface area contributed by atoms with Crippen molar-refractivity contribution in [3.63, 3.8) is 0 Å². The first-order chi connectivity index (χ1) is 9.70. The van der Waals surface area contributed by atoms with Crippen LogP contribution in [0.4, 0.5) is 5.69 Å². The molecule has 0 saturated carbocycles.